The van der Waals surface area contributed by atoms with Crippen molar-refractivity contribution >= 4 is 23.6 Å². The molecule has 8 nitrogen and oxygen atoms in total. The minimum Gasteiger partial charge on any atom is -0.497 e. The van der Waals surface area contributed by atoms with Gasteiger partial charge in [0.1, 0.15) is 5.75 Å². The summed E-state index contributed by atoms with van der Waals surface area (Å²) in [4.78, 5) is 34.9. The number of hydrogen-bond donors (Lipinski definition) is 3. The van der Waals surface area contributed by atoms with Crippen LogP contribution in [0, 0.1) is 0 Å². The van der Waals surface area contributed by atoms with E-state index in [0.717, 1.165) is 0 Å². The second-order valence-electron chi connectivity index (χ2n) is 4.63. The lowest BCUT2D eigenvalue weighted by Crippen LogP contribution is -3.11. The molecule has 0 saturated carbocycles. The fourth-order valence-corrected chi connectivity index (χ4v) is 1.73. The Morgan fingerprint density at radius 2 is 1.82 bits per heavy atom. The highest BCUT2D eigenvalue weighted by molar-refractivity contribution is 5.93. The first-order chi connectivity index (χ1) is 10.4. The van der Waals surface area contributed by atoms with E-state index in [-0.39, 0.29) is 19.0 Å². The zero-order valence-corrected chi connectivity index (χ0v) is 12.8. The molecule has 120 valence electrons. The highest BCUT2D eigenvalue weighted by Gasteiger charge is 2.16. The average Bonchev–Trinajstić information content (AvgIpc) is 2.46. The monoisotopic (exact) mass is 310 g/mol. The van der Waals surface area contributed by atoms with Gasteiger partial charge in [-0.1, -0.05) is 6.07 Å². The average molecular weight is 310 g/mol. The number of likely N-dealkylation sites (N-methyl/N-ethyl adjacent to an activating group) is 1. The lowest BCUT2D eigenvalue weighted by molar-refractivity contribution is -0.862. The number of benzene rings is 1. The van der Waals surface area contributed by atoms with Crippen LogP contribution in [0.2, 0.25) is 0 Å². The lowest BCUT2D eigenvalue weighted by atomic mass is 10.3. The molecule has 1 atom stereocenters. The number of amides is 3. The molecule has 3 amide bonds. The Bertz CT molecular complexity index is 547. The Morgan fingerprint density at radius 1 is 1.14 bits per heavy atom. The Hall–Kier alpha value is -2.61. The molecule has 1 unspecified atom stereocenters. The predicted molar refractivity (Wildman–Crippen MR) is 78.8 cm³/mol. The van der Waals surface area contributed by atoms with Crippen molar-refractivity contribution in [3.8, 4) is 5.75 Å². The smallest absolute Gasteiger partial charge is 0.413 e. The number of quaternary nitrogens is 1. The van der Waals surface area contributed by atoms with E-state index in [2.05, 4.69) is 10.1 Å². The van der Waals surface area contributed by atoms with Crippen LogP contribution in [0.1, 0.15) is 0 Å². The summed E-state index contributed by atoms with van der Waals surface area (Å²) in [6.07, 6.45) is -0.821. The molecule has 0 radical (unpaired) electrons. The summed E-state index contributed by atoms with van der Waals surface area (Å²) >= 11 is 0. The first kappa shape index (κ1) is 17.4. The molecular formula is C14H20N3O5+. The molecule has 0 aliphatic carbocycles. The molecule has 0 aliphatic heterocycles. The number of ether oxygens (including phenoxy) is 2. The highest BCUT2D eigenvalue weighted by Crippen LogP contribution is 2.16. The quantitative estimate of drug-likeness (QED) is 0.628. The van der Waals surface area contributed by atoms with Gasteiger partial charge in [0.25, 0.3) is 11.8 Å². The number of rotatable bonds is 6. The number of anilines is 1. The van der Waals surface area contributed by atoms with E-state index in [1.807, 2.05) is 5.32 Å². The minimum atomic E-state index is -0.821. The third-order valence-electron chi connectivity index (χ3n) is 2.71. The largest absolute Gasteiger partial charge is 0.497 e. The van der Waals surface area contributed by atoms with Crippen LogP contribution in [0.15, 0.2) is 24.3 Å². The van der Waals surface area contributed by atoms with Crippen molar-refractivity contribution in [3.63, 3.8) is 0 Å². The van der Waals surface area contributed by atoms with Gasteiger partial charge in [-0.2, -0.15) is 0 Å². The number of imide groups is 1. The molecule has 3 N–H and O–H groups in total. The zero-order chi connectivity index (χ0) is 16.5. The molecular weight excluding hydrogens is 290 g/mol. The first-order valence-corrected chi connectivity index (χ1v) is 6.57. The van der Waals surface area contributed by atoms with Crippen molar-refractivity contribution in [3.05, 3.63) is 24.3 Å². The fourth-order valence-electron chi connectivity index (χ4n) is 1.73. The summed E-state index contributed by atoms with van der Waals surface area (Å²) in [6.45, 7) is 0.0480. The Kier molecular flexibility index (Phi) is 6.84. The standard InChI is InChI=1S/C14H19N3O5/c1-17(9-13(19)16-14(20)22-3)8-12(18)15-10-5-4-6-11(7-10)21-2/h4-7H,8-9H2,1-3H3,(H,15,18)(H,16,19,20)/p+1. The van der Waals surface area contributed by atoms with Crippen LogP contribution in [0.3, 0.4) is 0 Å². The molecule has 0 fully saturated rings. The van der Waals surface area contributed by atoms with E-state index in [1.54, 1.807) is 38.4 Å². The van der Waals surface area contributed by atoms with E-state index in [9.17, 15) is 14.4 Å². The van der Waals surface area contributed by atoms with E-state index in [0.29, 0.717) is 16.3 Å². The molecule has 0 bridgehead atoms. The third kappa shape index (κ3) is 6.23. The molecule has 0 aromatic heterocycles. The van der Waals surface area contributed by atoms with Crippen molar-refractivity contribution in [1.29, 1.82) is 0 Å². The third-order valence-corrected chi connectivity index (χ3v) is 2.71. The van der Waals surface area contributed by atoms with Crippen LogP contribution in [-0.2, 0) is 14.3 Å². The first-order valence-electron chi connectivity index (χ1n) is 6.57. The van der Waals surface area contributed by atoms with Crippen LogP contribution >= 0.6 is 0 Å². The van der Waals surface area contributed by atoms with Gasteiger partial charge in [0, 0.05) is 11.8 Å². The summed E-state index contributed by atoms with van der Waals surface area (Å²) in [6, 6.07) is 6.95. The maximum absolute atomic E-state index is 11.9. The van der Waals surface area contributed by atoms with Gasteiger partial charge in [-0.15, -0.1) is 0 Å². The summed E-state index contributed by atoms with van der Waals surface area (Å²) in [7, 11) is 4.38. The topological polar surface area (TPSA) is 98.2 Å². The summed E-state index contributed by atoms with van der Waals surface area (Å²) in [5.74, 6) is -0.133. The van der Waals surface area contributed by atoms with E-state index in [1.165, 1.54) is 7.11 Å². The molecule has 0 saturated heterocycles. The van der Waals surface area contributed by atoms with Crippen LogP contribution < -0.4 is 20.3 Å². The Labute approximate surface area is 128 Å². The normalized spacial score (nSPS) is 11.2. The zero-order valence-electron chi connectivity index (χ0n) is 12.8. The van der Waals surface area contributed by atoms with Gasteiger partial charge >= 0.3 is 6.09 Å². The molecule has 1 aromatic carbocycles. The van der Waals surface area contributed by atoms with Crippen LogP contribution in [0.4, 0.5) is 10.5 Å². The number of hydrogen-bond acceptors (Lipinski definition) is 5. The van der Waals surface area contributed by atoms with Crippen molar-refractivity contribution in [1.82, 2.24) is 5.32 Å². The molecule has 1 rings (SSSR count). The predicted octanol–water partition coefficient (Wildman–Crippen LogP) is -0.969. The van der Waals surface area contributed by atoms with Gasteiger partial charge in [0.05, 0.1) is 21.3 Å². The van der Waals surface area contributed by atoms with Crippen LogP contribution in [-0.4, -0.2) is 52.3 Å². The second-order valence-corrected chi connectivity index (χ2v) is 4.63. The van der Waals surface area contributed by atoms with Gasteiger partial charge in [0.15, 0.2) is 13.1 Å². The molecule has 0 heterocycles. The van der Waals surface area contributed by atoms with Gasteiger partial charge in [0.2, 0.25) is 0 Å². The second kappa shape index (κ2) is 8.63. The number of nitrogens with one attached hydrogen (secondary N) is 3. The number of alkyl carbamates (subject to hydrolysis) is 1. The lowest BCUT2D eigenvalue weighted by Gasteiger charge is -2.13. The Balaban J connectivity index is 2.43. The molecule has 8 heteroatoms. The summed E-state index contributed by atoms with van der Waals surface area (Å²) in [5, 5.41) is 4.74. The van der Waals surface area contributed by atoms with E-state index in [4.69, 9.17) is 4.74 Å². The molecule has 0 aliphatic rings. The minimum absolute atomic E-state index is 0.0272. The molecule has 22 heavy (non-hydrogen) atoms. The van der Waals surface area contributed by atoms with Gasteiger partial charge in [-0.05, 0) is 12.1 Å². The molecule has 0 spiro atoms. The van der Waals surface area contributed by atoms with Gasteiger partial charge in [-0.25, -0.2) is 4.79 Å². The van der Waals surface area contributed by atoms with Crippen molar-refractivity contribution < 1.29 is 28.8 Å². The van der Waals surface area contributed by atoms with Crippen LogP contribution in [0.25, 0.3) is 0 Å². The fraction of sp³-hybridized carbons (Fsp3) is 0.357. The van der Waals surface area contributed by atoms with Crippen LogP contribution in [0.5, 0.6) is 5.75 Å². The van der Waals surface area contributed by atoms with Gasteiger partial charge < -0.3 is 19.7 Å². The maximum Gasteiger partial charge on any atom is 0.413 e. The number of carbonyl (C=O) groups is 3. The summed E-state index contributed by atoms with van der Waals surface area (Å²) in [5.41, 5.74) is 0.608. The van der Waals surface area contributed by atoms with Crippen molar-refractivity contribution in [2.24, 2.45) is 0 Å². The maximum atomic E-state index is 11.9. The number of carbonyl (C=O) groups excluding carboxylic acids is 3. The molecule has 1 aromatic rings. The van der Waals surface area contributed by atoms with Crippen molar-refractivity contribution in [2.45, 2.75) is 0 Å². The summed E-state index contributed by atoms with van der Waals surface area (Å²) < 4.78 is 9.38. The SMILES string of the molecule is COC(=O)NC(=O)C[NH+](C)CC(=O)Nc1cccc(OC)c1. The van der Waals surface area contributed by atoms with Gasteiger partial charge in [-0.3, -0.25) is 14.9 Å². The van der Waals surface area contributed by atoms with E-state index < -0.39 is 12.0 Å². The number of methoxy groups -OCH3 is 2. The van der Waals surface area contributed by atoms with E-state index >= 15 is 0 Å². The Morgan fingerprint density at radius 3 is 2.45 bits per heavy atom. The highest BCUT2D eigenvalue weighted by atomic mass is 16.5. The van der Waals surface area contributed by atoms with Crippen molar-refractivity contribution in [2.75, 3.05) is 39.7 Å².